The first-order valence-electron chi connectivity index (χ1n) is 4.28. The number of nitrogens with zero attached hydrogens (tertiary/aromatic N) is 1. The molecular formula is C8H16N2O3. The highest BCUT2D eigenvalue weighted by molar-refractivity contribution is 5.80. The summed E-state index contributed by atoms with van der Waals surface area (Å²) in [5.74, 6) is -0.822. The van der Waals surface area contributed by atoms with Crippen molar-refractivity contribution in [2.45, 2.75) is 5.54 Å². The molecule has 1 aliphatic rings. The van der Waals surface area contributed by atoms with Gasteiger partial charge < -0.3 is 14.7 Å². The molecule has 0 aliphatic carbocycles. The van der Waals surface area contributed by atoms with Crippen molar-refractivity contribution >= 4 is 5.97 Å². The average Bonchev–Trinajstić information content (AvgIpc) is 1.93. The minimum atomic E-state index is -0.823. The predicted octanol–water partition coefficient (Wildman–Crippen LogP) is -1.01. The third-order valence-corrected chi connectivity index (χ3v) is 2.13. The summed E-state index contributed by atoms with van der Waals surface area (Å²) >= 11 is 0. The van der Waals surface area contributed by atoms with E-state index in [1.807, 2.05) is 19.0 Å². The van der Waals surface area contributed by atoms with Crippen LogP contribution in [0.4, 0.5) is 0 Å². The third kappa shape index (κ3) is 2.40. The number of carboxylic acids is 1. The van der Waals surface area contributed by atoms with E-state index in [9.17, 15) is 4.79 Å². The fraction of sp³-hybridized carbons (Fsp3) is 0.875. The van der Waals surface area contributed by atoms with Crippen LogP contribution in [0.5, 0.6) is 0 Å². The van der Waals surface area contributed by atoms with Crippen LogP contribution >= 0.6 is 0 Å². The number of ether oxygens (including phenoxy) is 1. The van der Waals surface area contributed by atoms with Crippen molar-refractivity contribution in [2.75, 3.05) is 40.4 Å². The second-order valence-electron chi connectivity index (χ2n) is 3.61. The van der Waals surface area contributed by atoms with Gasteiger partial charge in [0, 0.05) is 13.1 Å². The van der Waals surface area contributed by atoms with Gasteiger partial charge in [0.25, 0.3) is 0 Å². The predicted molar refractivity (Wildman–Crippen MR) is 47.7 cm³/mol. The SMILES string of the molecule is CN(C)CCNC1(C(=O)O)COC1. The molecule has 76 valence electrons. The zero-order chi connectivity index (χ0) is 9.90. The molecule has 1 saturated heterocycles. The van der Waals surface area contributed by atoms with Crippen LogP contribution in [-0.2, 0) is 9.53 Å². The zero-order valence-electron chi connectivity index (χ0n) is 8.04. The van der Waals surface area contributed by atoms with Crippen LogP contribution in [0, 0.1) is 0 Å². The Morgan fingerprint density at radius 2 is 2.23 bits per heavy atom. The maximum atomic E-state index is 10.8. The monoisotopic (exact) mass is 188 g/mol. The van der Waals surface area contributed by atoms with Gasteiger partial charge in [0.15, 0.2) is 5.54 Å². The Kier molecular flexibility index (Phi) is 3.24. The summed E-state index contributed by atoms with van der Waals surface area (Å²) in [6, 6.07) is 0. The molecule has 1 aliphatic heterocycles. The topological polar surface area (TPSA) is 61.8 Å². The molecule has 1 fully saturated rings. The maximum absolute atomic E-state index is 10.8. The number of hydrogen-bond donors (Lipinski definition) is 2. The van der Waals surface area contributed by atoms with Gasteiger partial charge in [-0.3, -0.25) is 10.1 Å². The van der Waals surface area contributed by atoms with E-state index in [-0.39, 0.29) is 13.2 Å². The first kappa shape index (κ1) is 10.4. The molecule has 0 unspecified atom stereocenters. The molecule has 0 amide bonds. The van der Waals surface area contributed by atoms with E-state index in [0.29, 0.717) is 6.54 Å². The highest BCUT2D eigenvalue weighted by atomic mass is 16.5. The quantitative estimate of drug-likeness (QED) is 0.579. The second-order valence-corrected chi connectivity index (χ2v) is 3.61. The lowest BCUT2D eigenvalue weighted by atomic mass is 9.98. The van der Waals surface area contributed by atoms with Crippen molar-refractivity contribution in [2.24, 2.45) is 0 Å². The van der Waals surface area contributed by atoms with Gasteiger partial charge in [0.2, 0.25) is 0 Å². The molecule has 5 heteroatoms. The Morgan fingerprint density at radius 3 is 2.54 bits per heavy atom. The van der Waals surface area contributed by atoms with Crippen LogP contribution in [-0.4, -0.2) is 61.9 Å². The summed E-state index contributed by atoms with van der Waals surface area (Å²) in [5.41, 5.74) is -0.823. The maximum Gasteiger partial charge on any atom is 0.328 e. The van der Waals surface area contributed by atoms with Gasteiger partial charge in [-0.15, -0.1) is 0 Å². The van der Waals surface area contributed by atoms with Crippen LogP contribution in [0.3, 0.4) is 0 Å². The third-order valence-electron chi connectivity index (χ3n) is 2.13. The van der Waals surface area contributed by atoms with Crippen LogP contribution < -0.4 is 5.32 Å². The lowest BCUT2D eigenvalue weighted by Crippen LogP contribution is -2.66. The molecule has 0 radical (unpaired) electrons. The van der Waals surface area contributed by atoms with Gasteiger partial charge in [-0.25, -0.2) is 0 Å². The smallest absolute Gasteiger partial charge is 0.328 e. The Labute approximate surface area is 77.7 Å². The van der Waals surface area contributed by atoms with E-state index in [1.54, 1.807) is 0 Å². The van der Waals surface area contributed by atoms with E-state index < -0.39 is 11.5 Å². The largest absolute Gasteiger partial charge is 0.480 e. The van der Waals surface area contributed by atoms with Crippen LogP contribution in [0.2, 0.25) is 0 Å². The number of rotatable bonds is 5. The molecule has 0 spiro atoms. The molecule has 0 atom stereocenters. The van der Waals surface area contributed by atoms with E-state index in [4.69, 9.17) is 9.84 Å². The number of hydrogen-bond acceptors (Lipinski definition) is 4. The van der Waals surface area contributed by atoms with Crippen molar-refractivity contribution < 1.29 is 14.6 Å². The van der Waals surface area contributed by atoms with Crippen LogP contribution in [0.25, 0.3) is 0 Å². The van der Waals surface area contributed by atoms with E-state index in [1.165, 1.54) is 0 Å². The standard InChI is InChI=1S/C8H16N2O3/c1-10(2)4-3-9-8(7(11)12)5-13-6-8/h9H,3-6H2,1-2H3,(H,11,12). The van der Waals surface area contributed by atoms with Crippen molar-refractivity contribution in [3.8, 4) is 0 Å². The summed E-state index contributed by atoms with van der Waals surface area (Å²) in [4.78, 5) is 12.8. The summed E-state index contributed by atoms with van der Waals surface area (Å²) in [7, 11) is 3.90. The van der Waals surface area contributed by atoms with Crippen molar-refractivity contribution in [1.82, 2.24) is 10.2 Å². The Balaban J connectivity index is 2.28. The van der Waals surface area contributed by atoms with Crippen molar-refractivity contribution in [3.63, 3.8) is 0 Å². The minimum absolute atomic E-state index is 0.274. The molecular weight excluding hydrogens is 172 g/mol. The fourth-order valence-corrected chi connectivity index (χ4v) is 1.13. The molecule has 5 nitrogen and oxygen atoms in total. The Hall–Kier alpha value is -0.650. The van der Waals surface area contributed by atoms with Gasteiger partial charge in [0.1, 0.15) is 0 Å². The van der Waals surface area contributed by atoms with Crippen LogP contribution in [0.1, 0.15) is 0 Å². The van der Waals surface area contributed by atoms with Crippen LogP contribution in [0.15, 0.2) is 0 Å². The molecule has 1 heterocycles. The zero-order valence-corrected chi connectivity index (χ0v) is 8.04. The molecule has 0 saturated carbocycles. The highest BCUT2D eigenvalue weighted by Crippen LogP contribution is 2.16. The van der Waals surface area contributed by atoms with E-state index in [0.717, 1.165) is 6.54 Å². The first-order chi connectivity index (χ1) is 6.07. The number of carbonyl (C=O) groups is 1. The normalized spacial score (nSPS) is 19.9. The number of likely N-dealkylation sites (N-methyl/N-ethyl adjacent to an activating group) is 1. The summed E-state index contributed by atoms with van der Waals surface area (Å²) in [5, 5.41) is 11.9. The lowest BCUT2D eigenvalue weighted by Gasteiger charge is -2.38. The number of carboxylic acid groups (broad SMARTS) is 1. The summed E-state index contributed by atoms with van der Waals surface area (Å²) < 4.78 is 4.90. The van der Waals surface area contributed by atoms with Gasteiger partial charge in [-0.1, -0.05) is 0 Å². The van der Waals surface area contributed by atoms with Crippen molar-refractivity contribution in [1.29, 1.82) is 0 Å². The molecule has 2 N–H and O–H groups in total. The second kappa shape index (κ2) is 4.04. The van der Waals surface area contributed by atoms with Gasteiger partial charge in [-0.2, -0.15) is 0 Å². The number of aliphatic carboxylic acids is 1. The fourth-order valence-electron chi connectivity index (χ4n) is 1.13. The molecule has 13 heavy (non-hydrogen) atoms. The first-order valence-corrected chi connectivity index (χ1v) is 4.28. The van der Waals surface area contributed by atoms with Gasteiger partial charge in [0.05, 0.1) is 13.2 Å². The molecule has 0 aromatic carbocycles. The summed E-state index contributed by atoms with van der Waals surface area (Å²) in [6.07, 6.45) is 0. The Morgan fingerprint density at radius 1 is 1.62 bits per heavy atom. The minimum Gasteiger partial charge on any atom is -0.480 e. The number of nitrogens with one attached hydrogen (secondary N) is 1. The van der Waals surface area contributed by atoms with Gasteiger partial charge >= 0.3 is 5.97 Å². The summed E-state index contributed by atoms with van der Waals surface area (Å²) in [6.45, 7) is 2.04. The lowest BCUT2D eigenvalue weighted by molar-refractivity contribution is -0.165. The van der Waals surface area contributed by atoms with E-state index >= 15 is 0 Å². The molecule has 0 bridgehead atoms. The van der Waals surface area contributed by atoms with E-state index in [2.05, 4.69) is 5.32 Å². The van der Waals surface area contributed by atoms with Crippen molar-refractivity contribution in [3.05, 3.63) is 0 Å². The molecule has 1 rings (SSSR count). The molecule has 0 aromatic rings. The Bertz CT molecular complexity index is 190. The molecule has 0 aromatic heterocycles. The van der Waals surface area contributed by atoms with Gasteiger partial charge in [-0.05, 0) is 14.1 Å². The highest BCUT2D eigenvalue weighted by Gasteiger charge is 2.45. The average molecular weight is 188 g/mol.